The SMILES string of the molecule is CCCCOC1CCNC1.Cl. The lowest BCUT2D eigenvalue weighted by molar-refractivity contribution is 0.0651. The Hall–Kier alpha value is 0.210. The van der Waals surface area contributed by atoms with Gasteiger partial charge in [-0.3, -0.25) is 0 Å². The first-order valence-corrected chi connectivity index (χ1v) is 4.26. The summed E-state index contributed by atoms with van der Waals surface area (Å²) in [6.45, 7) is 5.33. The molecule has 0 spiro atoms. The van der Waals surface area contributed by atoms with Crippen molar-refractivity contribution in [2.24, 2.45) is 0 Å². The molecule has 0 aliphatic carbocycles. The summed E-state index contributed by atoms with van der Waals surface area (Å²) in [4.78, 5) is 0. The van der Waals surface area contributed by atoms with E-state index >= 15 is 0 Å². The zero-order valence-electron chi connectivity index (χ0n) is 7.14. The maximum atomic E-state index is 5.58. The van der Waals surface area contributed by atoms with Crippen LogP contribution in [0.15, 0.2) is 0 Å². The summed E-state index contributed by atoms with van der Waals surface area (Å²) in [6, 6.07) is 0. The van der Waals surface area contributed by atoms with E-state index in [4.69, 9.17) is 4.74 Å². The average molecular weight is 180 g/mol. The van der Waals surface area contributed by atoms with E-state index in [1.165, 1.54) is 19.3 Å². The van der Waals surface area contributed by atoms with Crippen molar-refractivity contribution in [1.29, 1.82) is 0 Å². The number of rotatable bonds is 4. The van der Waals surface area contributed by atoms with Gasteiger partial charge in [-0.15, -0.1) is 12.4 Å². The molecule has 1 heterocycles. The molecule has 0 radical (unpaired) electrons. The normalized spacial score (nSPS) is 23.2. The predicted molar refractivity (Wildman–Crippen MR) is 49.4 cm³/mol. The van der Waals surface area contributed by atoms with Crippen LogP contribution in [0.2, 0.25) is 0 Å². The van der Waals surface area contributed by atoms with Gasteiger partial charge in [-0.05, 0) is 19.4 Å². The van der Waals surface area contributed by atoms with E-state index < -0.39 is 0 Å². The molecular formula is C8H18ClNO. The van der Waals surface area contributed by atoms with Crippen LogP contribution in [-0.2, 0) is 4.74 Å². The first-order valence-electron chi connectivity index (χ1n) is 4.26. The lowest BCUT2D eigenvalue weighted by atomic mass is 10.3. The van der Waals surface area contributed by atoms with Crippen molar-refractivity contribution < 1.29 is 4.74 Å². The van der Waals surface area contributed by atoms with Gasteiger partial charge in [-0.25, -0.2) is 0 Å². The highest BCUT2D eigenvalue weighted by molar-refractivity contribution is 5.85. The summed E-state index contributed by atoms with van der Waals surface area (Å²) >= 11 is 0. The maximum absolute atomic E-state index is 5.58. The third-order valence-electron chi connectivity index (χ3n) is 1.87. The monoisotopic (exact) mass is 179 g/mol. The second kappa shape index (κ2) is 6.89. The molecule has 1 aliphatic rings. The van der Waals surface area contributed by atoms with Gasteiger partial charge in [0.15, 0.2) is 0 Å². The molecule has 1 atom stereocenters. The molecule has 0 saturated carbocycles. The molecule has 1 fully saturated rings. The van der Waals surface area contributed by atoms with Crippen molar-refractivity contribution in [3.8, 4) is 0 Å². The summed E-state index contributed by atoms with van der Waals surface area (Å²) in [7, 11) is 0. The molecular weight excluding hydrogens is 162 g/mol. The van der Waals surface area contributed by atoms with E-state index in [1.807, 2.05) is 0 Å². The molecule has 1 unspecified atom stereocenters. The lowest BCUT2D eigenvalue weighted by Crippen LogP contribution is -2.17. The molecule has 0 aromatic rings. The topological polar surface area (TPSA) is 21.3 Å². The van der Waals surface area contributed by atoms with Crippen LogP contribution in [0.4, 0.5) is 0 Å². The second-order valence-electron chi connectivity index (χ2n) is 2.84. The van der Waals surface area contributed by atoms with Crippen molar-refractivity contribution in [3.05, 3.63) is 0 Å². The van der Waals surface area contributed by atoms with Gasteiger partial charge in [0.2, 0.25) is 0 Å². The zero-order valence-corrected chi connectivity index (χ0v) is 7.95. The van der Waals surface area contributed by atoms with E-state index in [2.05, 4.69) is 12.2 Å². The molecule has 68 valence electrons. The average Bonchev–Trinajstić information content (AvgIpc) is 2.41. The van der Waals surface area contributed by atoms with Crippen LogP contribution in [0, 0.1) is 0 Å². The Morgan fingerprint density at radius 3 is 2.91 bits per heavy atom. The van der Waals surface area contributed by atoms with Crippen molar-refractivity contribution in [3.63, 3.8) is 0 Å². The van der Waals surface area contributed by atoms with Gasteiger partial charge >= 0.3 is 0 Å². The molecule has 1 aliphatic heterocycles. The van der Waals surface area contributed by atoms with Gasteiger partial charge in [0.05, 0.1) is 6.10 Å². The summed E-state index contributed by atoms with van der Waals surface area (Å²) in [5.74, 6) is 0. The quantitative estimate of drug-likeness (QED) is 0.662. The largest absolute Gasteiger partial charge is 0.377 e. The summed E-state index contributed by atoms with van der Waals surface area (Å²) in [5.41, 5.74) is 0. The van der Waals surface area contributed by atoms with Crippen molar-refractivity contribution >= 4 is 12.4 Å². The van der Waals surface area contributed by atoms with Crippen LogP contribution < -0.4 is 5.32 Å². The minimum absolute atomic E-state index is 0. The van der Waals surface area contributed by atoms with Crippen LogP contribution in [-0.4, -0.2) is 25.8 Å². The maximum Gasteiger partial charge on any atom is 0.0711 e. The van der Waals surface area contributed by atoms with E-state index in [-0.39, 0.29) is 12.4 Å². The Bertz CT molecular complexity index is 84.2. The van der Waals surface area contributed by atoms with Crippen molar-refractivity contribution in [2.45, 2.75) is 32.3 Å². The van der Waals surface area contributed by atoms with Crippen LogP contribution in [0.1, 0.15) is 26.2 Å². The predicted octanol–water partition coefficient (Wildman–Crippen LogP) is 1.59. The van der Waals surface area contributed by atoms with Crippen LogP contribution in [0.5, 0.6) is 0 Å². The molecule has 2 nitrogen and oxygen atoms in total. The molecule has 0 aromatic carbocycles. The minimum Gasteiger partial charge on any atom is -0.377 e. The summed E-state index contributed by atoms with van der Waals surface area (Å²) in [6.07, 6.45) is 4.15. The fraction of sp³-hybridized carbons (Fsp3) is 1.00. The fourth-order valence-electron chi connectivity index (χ4n) is 1.16. The van der Waals surface area contributed by atoms with Crippen molar-refractivity contribution in [1.82, 2.24) is 5.32 Å². The minimum atomic E-state index is 0. The standard InChI is InChI=1S/C8H17NO.ClH/c1-2-3-6-10-8-4-5-9-7-8;/h8-9H,2-7H2,1H3;1H. The molecule has 0 bridgehead atoms. The summed E-state index contributed by atoms with van der Waals surface area (Å²) < 4.78 is 5.58. The first kappa shape index (κ1) is 11.2. The highest BCUT2D eigenvalue weighted by atomic mass is 35.5. The number of halogens is 1. The number of ether oxygens (including phenoxy) is 1. The van der Waals surface area contributed by atoms with Gasteiger partial charge in [-0.1, -0.05) is 13.3 Å². The molecule has 1 N–H and O–H groups in total. The highest BCUT2D eigenvalue weighted by Gasteiger charge is 2.13. The molecule has 1 saturated heterocycles. The third-order valence-corrected chi connectivity index (χ3v) is 1.87. The van der Waals surface area contributed by atoms with Crippen molar-refractivity contribution in [2.75, 3.05) is 19.7 Å². The first-order chi connectivity index (χ1) is 4.93. The molecule has 11 heavy (non-hydrogen) atoms. The van der Waals surface area contributed by atoms with E-state index in [1.54, 1.807) is 0 Å². The Balaban J connectivity index is 0.000001000. The van der Waals surface area contributed by atoms with Gasteiger partial charge in [0.25, 0.3) is 0 Å². The van der Waals surface area contributed by atoms with Crippen LogP contribution in [0.25, 0.3) is 0 Å². The second-order valence-corrected chi connectivity index (χ2v) is 2.84. The molecule has 1 rings (SSSR count). The van der Waals surface area contributed by atoms with E-state index in [0.29, 0.717) is 6.10 Å². The zero-order chi connectivity index (χ0) is 7.23. The van der Waals surface area contributed by atoms with Gasteiger partial charge in [0.1, 0.15) is 0 Å². The van der Waals surface area contributed by atoms with Gasteiger partial charge < -0.3 is 10.1 Å². The number of hydrogen-bond acceptors (Lipinski definition) is 2. The smallest absolute Gasteiger partial charge is 0.0711 e. The Morgan fingerprint density at radius 1 is 1.55 bits per heavy atom. The van der Waals surface area contributed by atoms with Gasteiger partial charge in [-0.2, -0.15) is 0 Å². The van der Waals surface area contributed by atoms with Gasteiger partial charge in [0, 0.05) is 13.2 Å². The molecule has 3 heteroatoms. The van der Waals surface area contributed by atoms with Crippen LogP contribution >= 0.6 is 12.4 Å². The Morgan fingerprint density at radius 2 is 2.36 bits per heavy atom. The number of nitrogens with one attached hydrogen (secondary N) is 1. The molecule has 0 aromatic heterocycles. The number of unbranched alkanes of at least 4 members (excludes halogenated alkanes) is 1. The van der Waals surface area contributed by atoms with E-state index in [9.17, 15) is 0 Å². The fourth-order valence-corrected chi connectivity index (χ4v) is 1.16. The Kier molecular flexibility index (Phi) is 7.02. The lowest BCUT2D eigenvalue weighted by Gasteiger charge is -2.08. The summed E-state index contributed by atoms with van der Waals surface area (Å²) in [5, 5.41) is 3.27. The van der Waals surface area contributed by atoms with E-state index in [0.717, 1.165) is 19.7 Å². The Labute approximate surface area is 75.1 Å². The molecule has 0 amide bonds. The van der Waals surface area contributed by atoms with Crippen LogP contribution in [0.3, 0.4) is 0 Å². The highest BCUT2D eigenvalue weighted by Crippen LogP contribution is 2.03. The number of hydrogen-bond donors (Lipinski definition) is 1. The third kappa shape index (κ3) is 4.62.